The molecule has 1 nitrogen and oxygen atoms in total. The molecular formula is C18H28O. The van der Waals surface area contributed by atoms with E-state index in [1.54, 1.807) is 0 Å². The highest BCUT2D eigenvalue weighted by Crippen LogP contribution is 2.22. The molecule has 0 spiro atoms. The van der Waals surface area contributed by atoms with Crippen molar-refractivity contribution in [2.45, 2.75) is 64.9 Å². The highest BCUT2D eigenvalue weighted by atomic mass is 16.5. The molecule has 1 aliphatic rings. The maximum atomic E-state index is 5.84. The molecule has 1 aromatic rings. The predicted octanol–water partition coefficient (Wildman–Crippen LogP) is 4.78. The minimum Gasteiger partial charge on any atom is -0.378 e. The molecule has 0 bridgehead atoms. The van der Waals surface area contributed by atoms with Crippen LogP contribution >= 0.6 is 0 Å². The molecule has 0 aliphatic carbocycles. The van der Waals surface area contributed by atoms with Gasteiger partial charge in [0.2, 0.25) is 0 Å². The zero-order chi connectivity index (χ0) is 13.5. The van der Waals surface area contributed by atoms with Crippen LogP contribution in [0.1, 0.15) is 57.1 Å². The first-order valence-corrected chi connectivity index (χ1v) is 7.97. The topological polar surface area (TPSA) is 9.23 Å². The van der Waals surface area contributed by atoms with E-state index in [4.69, 9.17) is 4.74 Å². The number of aryl methyl sites for hydroxylation is 1. The molecular weight excluding hydrogens is 232 g/mol. The van der Waals surface area contributed by atoms with E-state index in [0.29, 0.717) is 6.10 Å². The van der Waals surface area contributed by atoms with Crippen molar-refractivity contribution < 1.29 is 4.74 Å². The molecule has 1 saturated heterocycles. The molecule has 19 heavy (non-hydrogen) atoms. The molecule has 1 heterocycles. The minimum atomic E-state index is 0.517. The first kappa shape index (κ1) is 14.6. The van der Waals surface area contributed by atoms with Crippen molar-refractivity contribution in [1.29, 1.82) is 0 Å². The maximum absolute atomic E-state index is 5.84. The standard InChI is InChI=1S/C18H28O/c1-3-6-16-8-10-17(11-9-16)13-15(2)14-18-7-4-5-12-19-18/h8-11,15,18H,3-7,12-14H2,1-2H3. The highest BCUT2D eigenvalue weighted by Gasteiger charge is 2.17. The van der Waals surface area contributed by atoms with E-state index in [9.17, 15) is 0 Å². The number of benzene rings is 1. The van der Waals surface area contributed by atoms with Crippen LogP contribution in [0.2, 0.25) is 0 Å². The van der Waals surface area contributed by atoms with Gasteiger partial charge in [-0.25, -0.2) is 0 Å². The third kappa shape index (κ3) is 4.99. The van der Waals surface area contributed by atoms with E-state index >= 15 is 0 Å². The summed E-state index contributed by atoms with van der Waals surface area (Å²) < 4.78 is 5.84. The zero-order valence-electron chi connectivity index (χ0n) is 12.5. The summed E-state index contributed by atoms with van der Waals surface area (Å²) in [7, 11) is 0. The van der Waals surface area contributed by atoms with Crippen molar-refractivity contribution in [3.8, 4) is 0 Å². The summed E-state index contributed by atoms with van der Waals surface area (Å²) in [6, 6.07) is 9.21. The number of ether oxygens (including phenoxy) is 1. The average molecular weight is 260 g/mol. The van der Waals surface area contributed by atoms with Crippen LogP contribution in [0.5, 0.6) is 0 Å². The Labute approximate surface area is 118 Å². The Hall–Kier alpha value is -0.820. The summed E-state index contributed by atoms with van der Waals surface area (Å²) in [5, 5.41) is 0. The van der Waals surface area contributed by atoms with Gasteiger partial charge in [-0.15, -0.1) is 0 Å². The van der Waals surface area contributed by atoms with E-state index < -0.39 is 0 Å². The highest BCUT2D eigenvalue weighted by molar-refractivity contribution is 5.23. The molecule has 1 heteroatoms. The van der Waals surface area contributed by atoms with E-state index in [-0.39, 0.29) is 0 Å². The molecule has 1 fully saturated rings. The van der Waals surface area contributed by atoms with E-state index in [1.165, 1.54) is 56.1 Å². The lowest BCUT2D eigenvalue weighted by molar-refractivity contribution is 0.00290. The summed E-state index contributed by atoms with van der Waals surface area (Å²) in [5.41, 5.74) is 2.94. The van der Waals surface area contributed by atoms with Crippen LogP contribution in [0.15, 0.2) is 24.3 Å². The van der Waals surface area contributed by atoms with Crippen molar-refractivity contribution in [2.75, 3.05) is 6.61 Å². The van der Waals surface area contributed by atoms with Crippen LogP contribution in [-0.2, 0) is 17.6 Å². The molecule has 2 rings (SSSR count). The van der Waals surface area contributed by atoms with Crippen molar-refractivity contribution in [2.24, 2.45) is 5.92 Å². The third-order valence-electron chi connectivity index (χ3n) is 4.09. The summed E-state index contributed by atoms with van der Waals surface area (Å²) >= 11 is 0. The zero-order valence-corrected chi connectivity index (χ0v) is 12.5. The molecule has 106 valence electrons. The Kier molecular flexibility index (Phi) is 5.91. The summed E-state index contributed by atoms with van der Waals surface area (Å²) in [5.74, 6) is 0.722. The van der Waals surface area contributed by atoms with Crippen LogP contribution in [-0.4, -0.2) is 12.7 Å². The largest absolute Gasteiger partial charge is 0.378 e. The van der Waals surface area contributed by atoms with Gasteiger partial charge in [0, 0.05) is 6.61 Å². The second kappa shape index (κ2) is 7.69. The van der Waals surface area contributed by atoms with E-state index in [1.807, 2.05) is 0 Å². The second-order valence-electron chi connectivity index (χ2n) is 6.10. The molecule has 2 unspecified atom stereocenters. The van der Waals surface area contributed by atoms with Gasteiger partial charge in [-0.05, 0) is 55.6 Å². The molecule has 1 aromatic carbocycles. The number of rotatable bonds is 6. The quantitative estimate of drug-likeness (QED) is 0.715. The lowest BCUT2D eigenvalue weighted by atomic mass is 9.92. The molecule has 0 aromatic heterocycles. The fourth-order valence-electron chi connectivity index (χ4n) is 3.06. The van der Waals surface area contributed by atoms with Crippen molar-refractivity contribution in [3.05, 3.63) is 35.4 Å². The minimum absolute atomic E-state index is 0.517. The van der Waals surface area contributed by atoms with Gasteiger partial charge in [0.1, 0.15) is 0 Å². The molecule has 2 atom stereocenters. The fourth-order valence-corrected chi connectivity index (χ4v) is 3.06. The Morgan fingerprint density at radius 1 is 1.16 bits per heavy atom. The molecule has 1 aliphatic heterocycles. The van der Waals surface area contributed by atoms with Gasteiger partial charge in [-0.1, -0.05) is 44.5 Å². The Morgan fingerprint density at radius 2 is 1.89 bits per heavy atom. The smallest absolute Gasteiger partial charge is 0.0577 e. The van der Waals surface area contributed by atoms with Crippen LogP contribution in [0.25, 0.3) is 0 Å². The first-order valence-electron chi connectivity index (χ1n) is 7.97. The SMILES string of the molecule is CCCc1ccc(CC(C)CC2CCCCO2)cc1. The lowest BCUT2D eigenvalue weighted by Crippen LogP contribution is -2.22. The molecule has 0 N–H and O–H groups in total. The van der Waals surface area contributed by atoms with Gasteiger partial charge in [-0.2, -0.15) is 0 Å². The van der Waals surface area contributed by atoms with Gasteiger partial charge in [0.05, 0.1) is 6.10 Å². The van der Waals surface area contributed by atoms with Gasteiger partial charge in [-0.3, -0.25) is 0 Å². The molecule has 0 saturated carbocycles. The lowest BCUT2D eigenvalue weighted by Gasteiger charge is -2.25. The first-order chi connectivity index (χ1) is 9.28. The monoisotopic (exact) mass is 260 g/mol. The average Bonchev–Trinajstić information content (AvgIpc) is 2.42. The van der Waals surface area contributed by atoms with Crippen molar-refractivity contribution in [3.63, 3.8) is 0 Å². The van der Waals surface area contributed by atoms with Crippen molar-refractivity contribution in [1.82, 2.24) is 0 Å². The Balaban J connectivity index is 1.78. The van der Waals surface area contributed by atoms with Crippen LogP contribution < -0.4 is 0 Å². The maximum Gasteiger partial charge on any atom is 0.0577 e. The van der Waals surface area contributed by atoms with Crippen LogP contribution in [0.4, 0.5) is 0 Å². The van der Waals surface area contributed by atoms with Crippen LogP contribution in [0.3, 0.4) is 0 Å². The number of hydrogen-bond donors (Lipinski definition) is 0. The van der Waals surface area contributed by atoms with Gasteiger partial charge < -0.3 is 4.74 Å². The summed E-state index contributed by atoms with van der Waals surface area (Å²) in [6.45, 7) is 5.57. The van der Waals surface area contributed by atoms with Gasteiger partial charge in [0.25, 0.3) is 0 Å². The molecule has 0 radical (unpaired) electrons. The van der Waals surface area contributed by atoms with Gasteiger partial charge >= 0.3 is 0 Å². The van der Waals surface area contributed by atoms with Crippen molar-refractivity contribution >= 4 is 0 Å². The molecule has 0 amide bonds. The van der Waals surface area contributed by atoms with Gasteiger partial charge in [0.15, 0.2) is 0 Å². The third-order valence-corrected chi connectivity index (χ3v) is 4.09. The Morgan fingerprint density at radius 3 is 2.53 bits per heavy atom. The number of hydrogen-bond acceptors (Lipinski definition) is 1. The summed E-state index contributed by atoms with van der Waals surface area (Å²) in [4.78, 5) is 0. The predicted molar refractivity (Wildman–Crippen MR) is 81.5 cm³/mol. The van der Waals surface area contributed by atoms with E-state index in [0.717, 1.165) is 12.5 Å². The summed E-state index contributed by atoms with van der Waals surface area (Å²) in [6.07, 6.45) is 9.22. The Bertz CT molecular complexity index is 348. The van der Waals surface area contributed by atoms with Crippen LogP contribution in [0, 0.1) is 5.92 Å². The normalized spacial score (nSPS) is 21.3. The second-order valence-corrected chi connectivity index (χ2v) is 6.10. The fraction of sp³-hybridized carbons (Fsp3) is 0.667. The van der Waals surface area contributed by atoms with E-state index in [2.05, 4.69) is 38.1 Å².